The topological polar surface area (TPSA) is 75.2 Å². The molecule has 0 spiro atoms. The van der Waals surface area contributed by atoms with Crippen LogP contribution in [-0.2, 0) is 16.6 Å². The van der Waals surface area contributed by atoms with Crippen LogP contribution in [0.1, 0.15) is 38.3 Å². The predicted octanol–water partition coefficient (Wildman–Crippen LogP) is 1.30. The van der Waals surface area contributed by atoms with Gasteiger partial charge in [-0.05, 0) is 31.7 Å². The van der Waals surface area contributed by atoms with Gasteiger partial charge in [0.2, 0.25) is 16.0 Å². The van der Waals surface area contributed by atoms with Gasteiger partial charge in [-0.15, -0.1) is 0 Å². The van der Waals surface area contributed by atoms with Gasteiger partial charge in [0.05, 0.1) is 18.0 Å². The summed E-state index contributed by atoms with van der Waals surface area (Å²) in [4.78, 5) is 10.9. The number of anilines is 1. The second kappa shape index (κ2) is 6.99. The van der Waals surface area contributed by atoms with Gasteiger partial charge in [-0.25, -0.2) is 23.1 Å². The van der Waals surface area contributed by atoms with E-state index < -0.39 is 10.0 Å². The quantitative estimate of drug-likeness (QED) is 0.856. The number of sulfonamides is 1. The number of rotatable bonds is 6. The van der Waals surface area contributed by atoms with Crippen LogP contribution in [0.4, 0.5) is 5.95 Å². The third kappa shape index (κ3) is 4.42. The highest BCUT2D eigenvalue weighted by Crippen LogP contribution is 2.15. The lowest BCUT2D eigenvalue weighted by molar-refractivity contribution is 0.565. The molecule has 0 bridgehead atoms. The first-order chi connectivity index (χ1) is 9.61. The first kappa shape index (κ1) is 15.2. The number of hydrogen-bond donors (Lipinski definition) is 1. The summed E-state index contributed by atoms with van der Waals surface area (Å²) >= 11 is 0. The van der Waals surface area contributed by atoms with Gasteiger partial charge < -0.3 is 4.90 Å². The third-order valence-electron chi connectivity index (χ3n) is 3.29. The normalized spacial score (nSPS) is 16.4. The Bertz CT molecular complexity index is 527. The predicted molar refractivity (Wildman–Crippen MR) is 79.0 cm³/mol. The van der Waals surface area contributed by atoms with Crippen molar-refractivity contribution in [1.29, 1.82) is 0 Å². The first-order valence-electron chi connectivity index (χ1n) is 7.15. The zero-order valence-corrected chi connectivity index (χ0v) is 12.7. The van der Waals surface area contributed by atoms with Crippen LogP contribution in [0.15, 0.2) is 12.3 Å². The van der Waals surface area contributed by atoms with Gasteiger partial charge in [0.1, 0.15) is 0 Å². The van der Waals surface area contributed by atoms with Crippen LogP contribution in [0, 0.1) is 0 Å². The Labute approximate surface area is 120 Å². The summed E-state index contributed by atoms with van der Waals surface area (Å²) < 4.78 is 25.8. The van der Waals surface area contributed by atoms with Crippen LogP contribution in [0.25, 0.3) is 0 Å². The summed E-state index contributed by atoms with van der Waals surface area (Å²) in [6, 6.07) is 1.75. The molecule has 1 aromatic rings. The summed E-state index contributed by atoms with van der Waals surface area (Å²) in [6.45, 7) is 4.03. The molecule has 0 saturated carbocycles. The van der Waals surface area contributed by atoms with Crippen molar-refractivity contribution in [2.45, 2.75) is 39.2 Å². The molecule has 6 nitrogen and oxygen atoms in total. The zero-order valence-electron chi connectivity index (χ0n) is 11.9. The molecule has 0 aromatic carbocycles. The van der Waals surface area contributed by atoms with Crippen LogP contribution in [0.3, 0.4) is 0 Å². The minimum absolute atomic E-state index is 0.150. The van der Waals surface area contributed by atoms with Crippen molar-refractivity contribution in [3.63, 3.8) is 0 Å². The number of hydrogen-bond acceptors (Lipinski definition) is 5. The minimum atomic E-state index is -3.19. The summed E-state index contributed by atoms with van der Waals surface area (Å²) in [5.41, 5.74) is 0.709. The van der Waals surface area contributed by atoms with Gasteiger partial charge in [-0.2, -0.15) is 0 Å². The Morgan fingerprint density at radius 1 is 1.30 bits per heavy atom. The highest BCUT2D eigenvalue weighted by molar-refractivity contribution is 7.89. The summed E-state index contributed by atoms with van der Waals surface area (Å²) in [5, 5.41) is 0. The van der Waals surface area contributed by atoms with E-state index in [1.54, 1.807) is 12.3 Å². The molecule has 112 valence electrons. The molecule has 7 heteroatoms. The Hall–Kier alpha value is -1.21. The molecule has 1 aliphatic rings. The van der Waals surface area contributed by atoms with Gasteiger partial charge in [0, 0.05) is 19.3 Å². The first-order valence-corrected chi connectivity index (χ1v) is 8.80. The Balaban J connectivity index is 1.99. The fraction of sp³-hybridized carbons (Fsp3) is 0.692. The van der Waals surface area contributed by atoms with Crippen LogP contribution in [-0.4, -0.2) is 37.2 Å². The molecule has 0 radical (unpaired) electrons. The van der Waals surface area contributed by atoms with Gasteiger partial charge in [0.15, 0.2) is 0 Å². The maximum absolute atomic E-state index is 11.6. The highest BCUT2D eigenvalue weighted by atomic mass is 32.2. The monoisotopic (exact) mass is 298 g/mol. The molecule has 20 heavy (non-hydrogen) atoms. The number of aromatic nitrogens is 2. The molecule has 1 aromatic heterocycles. The molecular formula is C13H22N4O2S. The van der Waals surface area contributed by atoms with Crippen LogP contribution in [0.2, 0.25) is 0 Å². The van der Waals surface area contributed by atoms with Gasteiger partial charge in [0.25, 0.3) is 0 Å². The second-order valence-corrected chi connectivity index (χ2v) is 6.96. The summed E-state index contributed by atoms with van der Waals surface area (Å²) in [6.07, 6.45) is 5.89. The minimum Gasteiger partial charge on any atom is -0.341 e. The zero-order chi connectivity index (χ0) is 14.4. The van der Waals surface area contributed by atoms with Crippen molar-refractivity contribution < 1.29 is 8.42 Å². The molecular weight excluding hydrogens is 276 g/mol. The molecule has 0 unspecified atom stereocenters. The van der Waals surface area contributed by atoms with Crippen molar-refractivity contribution in [2.24, 2.45) is 0 Å². The molecule has 1 saturated heterocycles. The van der Waals surface area contributed by atoms with E-state index in [0.29, 0.717) is 18.1 Å². The molecule has 1 aliphatic heterocycles. The standard InChI is InChI=1S/C13H22N4O2S/c1-2-10-20(18,19)15-11-12-6-7-14-13(16-12)17-8-4-3-5-9-17/h6-7,15H,2-5,8-11H2,1H3. The van der Waals surface area contributed by atoms with Crippen LogP contribution >= 0.6 is 0 Å². The largest absolute Gasteiger partial charge is 0.341 e. The number of nitrogens with zero attached hydrogens (tertiary/aromatic N) is 3. The summed E-state index contributed by atoms with van der Waals surface area (Å²) in [5.74, 6) is 0.855. The highest BCUT2D eigenvalue weighted by Gasteiger charge is 2.14. The molecule has 2 rings (SSSR count). The Kier molecular flexibility index (Phi) is 5.31. The Morgan fingerprint density at radius 2 is 2.05 bits per heavy atom. The lowest BCUT2D eigenvalue weighted by atomic mass is 10.1. The van der Waals surface area contributed by atoms with E-state index in [9.17, 15) is 8.42 Å². The maximum atomic E-state index is 11.6. The molecule has 0 aliphatic carbocycles. The van der Waals surface area contributed by atoms with E-state index in [0.717, 1.165) is 25.9 Å². The molecule has 0 amide bonds. The van der Waals surface area contributed by atoms with E-state index in [1.807, 2.05) is 6.92 Å². The SMILES string of the molecule is CCCS(=O)(=O)NCc1ccnc(N2CCCCC2)n1. The van der Waals surface area contributed by atoms with E-state index >= 15 is 0 Å². The van der Waals surface area contributed by atoms with Crippen molar-refractivity contribution in [2.75, 3.05) is 23.7 Å². The molecule has 2 heterocycles. The van der Waals surface area contributed by atoms with Gasteiger partial charge >= 0.3 is 0 Å². The average molecular weight is 298 g/mol. The number of piperidine rings is 1. The van der Waals surface area contributed by atoms with Crippen molar-refractivity contribution in [1.82, 2.24) is 14.7 Å². The van der Waals surface area contributed by atoms with Crippen molar-refractivity contribution >= 4 is 16.0 Å². The van der Waals surface area contributed by atoms with Crippen LogP contribution in [0.5, 0.6) is 0 Å². The van der Waals surface area contributed by atoms with E-state index in [2.05, 4.69) is 19.6 Å². The van der Waals surface area contributed by atoms with Crippen molar-refractivity contribution in [3.8, 4) is 0 Å². The van der Waals surface area contributed by atoms with Gasteiger partial charge in [-0.3, -0.25) is 0 Å². The summed E-state index contributed by atoms with van der Waals surface area (Å²) in [7, 11) is -3.19. The maximum Gasteiger partial charge on any atom is 0.225 e. The smallest absolute Gasteiger partial charge is 0.225 e. The molecule has 1 fully saturated rings. The van der Waals surface area contributed by atoms with Crippen LogP contribution < -0.4 is 9.62 Å². The lowest BCUT2D eigenvalue weighted by Gasteiger charge is -2.26. The Morgan fingerprint density at radius 3 is 2.75 bits per heavy atom. The fourth-order valence-corrected chi connectivity index (χ4v) is 3.30. The van der Waals surface area contributed by atoms with E-state index in [-0.39, 0.29) is 12.3 Å². The molecule has 0 atom stereocenters. The third-order valence-corrected chi connectivity index (χ3v) is 4.82. The van der Waals surface area contributed by atoms with Gasteiger partial charge in [-0.1, -0.05) is 6.92 Å². The number of nitrogens with one attached hydrogen (secondary N) is 1. The second-order valence-electron chi connectivity index (χ2n) is 5.04. The van der Waals surface area contributed by atoms with Crippen molar-refractivity contribution in [3.05, 3.63) is 18.0 Å². The van der Waals surface area contributed by atoms with E-state index in [1.165, 1.54) is 6.42 Å². The molecule has 1 N–H and O–H groups in total. The van der Waals surface area contributed by atoms with E-state index in [4.69, 9.17) is 0 Å². The average Bonchev–Trinajstić information content (AvgIpc) is 2.47. The fourth-order valence-electron chi connectivity index (χ4n) is 2.25. The lowest BCUT2D eigenvalue weighted by Crippen LogP contribution is -2.31.